The minimum Gasteiger partial charge on any atom is -0.307 e. The Kier molecular flexibility index (Phi) is 4.59. The van der Waals surface area contributed by atoms with Crippen molar-refractivity contribution in [1.82, 2.24) is 20.5 Å². The van der Waals surface area contributed by atoms with E-state index in [9.17, 15) is 0 Å². The van der Waals surface area contributed by atoms with Crippen molar-refractivity contribution in [3.8, 4) is 0 Å². The number of aromatic amines is 1. The van der Waals surface area contributed by atoms with E-state index in [4.69, 9.17) is 0 Å². The normalized spacial score (nSPS) is 15.4. The Labute approximate surface area is 85.5 Å². The van der Waals surface area contributed by atoms with Crippen molar-refractivity contribution in [1.29, 1.82) is 0 Å². The molecule has 2 N–H and O–H groups in total. The first-order valence-electron chi connectivity index (χ1n) is 5.32. The lowest BCUT2D eigenvalue weighted by atomic mass is 10.1. The van der Waals surface area contributed by atoms with Gasteiger partial charge in [-0.3, -0.25) is 5.10 Å². The Morgan fingerprint density at radius 1 is 1.50 bits per heavy atom. The van der Waals surface area contributed by atoms with Crippen molar-refractivity contribution in [2.75, 3.05) is 6.54 Å². The van der Waals surface area contributed by atoms with Crippen LogP contribution in [-0.2, 0) is 0 Å². The molecule has 0 aliphatic heterocycles. The maximum atomic E-state index is 4.11. The largest absolute Gasteiger partial charge is 0.307 e. The van der Waals surface area contributed by atoms with Crippen molar-refractivity contribution in [3.63, 3.8) is 0 Å². The molecule has 0 aromatic carbocycles. The van der Waals surface area contributed by atoms with Gasteiger partial charge in [0.1, 0.15) is 12.2 Å². The lowest BCUT2D eigenvalue weighted by Crippen LogP contribution is -2.25. The van der Waals surface area contributed by atoms with Crippen LogP contribution in [0.3, 0.4) is 0 Å². The summed E-state index contributed by atoms with van der Waals surface area (Å²) in [6.07, 6.45) is 4.07. The third-order valence-electron chi connectivity index (χ3n) is 2.40. The maximum absolute atomic E-state index is 4.11. The van der Waals surface area contributed by atoms with Crippen LogP contribution in [0.1, 0.15) is 45.5 Å². The van der Waals surface area contributed by atoms with Crippen LogP contribution >= 0.6 is 0 Å². The highest BCUT2D eigenvalue weighted by Crippen LogP contribution is 2.08. The average molecular weight is 196 g/mol. The number of rotatable bonds is 6. The Morgan fingerprint density at radius 2 is 2.29 bits per heavy atom. The van der Waals surface area contributed by atoms with Crippen LogP contribution < -0.4 is 5.32 Å². The monoisotopic (exact) mass is 196 g/mol. The van der Waals surface area contributed by atoms with Crippen LogP contribution in [0.5, 0.6) is 0 Å². The fourth-order valence-corrected chi connectivity index (χ4v) is 1.49. The maximum Gasteiger partial charge on any atom is 0.141 e. The minimum absolute atomic E-state index is 0.261. The van der Waals surface area contributed by atoms with E-state index in [1.54, 1.807) is 6.33 Å². The molecule has 1 aromatic rings. The van der Waals surface area contributed by atoms with E-state index >= 15 is 0 Å². The first-order chi connectivity index (χ1) is 6.74. The van der Waals surface area contributed by atoms with Crippen molar-refractivity contribution in [2.45, 2.75) is 39.7 Å². The van der Waals surface area contributed by atoms with Crippen LogP contribution in [0.2, 0.25) is 0 Å². The standard InChI is InChI=1S/C10H20N4/c1-4-5-8(2)6-11-9(3)10-12-7-13-14-10/h7-9,11H,4-6H2,1-3H3,(H,12,13,14). The van der Waals surface area contributed by atoms with Crippen molar-refractivity contribution >= 4 is 0 Å². The molecule has 0 radical (unpaired) electrons. The van der Waals surface area contributed by atoms with Gasteiger partial charge >= 0.3 is 0 Å². The number of hydrogen-bond donors (Lipinski definition) is 2. The van der Waals surface area contributed by atoms with Crippen LogP contribution in [0, 0.1) is 5.92 Å². The third kappa shape index (κ3) is 3.46. The molecule has 0 saturated carbocycles. The summed E-state index contributed by atoms with van der Waals surface area (Å²) in [7, 11) is 0. The first kappa shape index (κ1) is 11.2. The molecule has 0 bridgehead atoms. The van der Waals surface area contributed by atoms with Gasteiger partial charge in [0.05, 0.1) is 6.04 Å². The van der Waals surface area contributed by atoms with Gasteiger partial charge in [-0.15, -0.1) is 0 Å². The summed E-state index contributed by atoms with van der Waals surface area (Å²) in [6.45, 7) is 7.62. The second-order valence-corrected chi connectivity index (χ2v) is 3.89. The molecule has 2 unspecified atom stereocenters. The molecule has 0 amide bonds. The Morgan fingerprint density at radius 3 is 2.86 bits per heavy atom. The second-order valence-electron chi connectivity index (χ2n) is 3.89. The number of hydrogen-bond acceptors (Lipinski definition) is 3. The van der Waals surface area contributed by atoms with Gasteiger partial charge in [0.2, 0.25) is 0 Å². The van der Waals surface area contributed by atoms with Gasteiger partial charge in [0.25, 0.3) is 0 Å². The molecule has 1 heterocycles. The molecule has 80 valence electrons. The molecule has 2 atom stereocenters. The lowest BCUT2D eigenvalue weighted by Gasteiger charge is -2.15. The smallest absolute Gasteiger partial charge is 0.141 e. The van der Waals surface area contributed by atoms with Crippen molar-refractivity contribution < 1.29 is 0 Å². The third-order valence-corrected chi connectivity index (χ3v) is 2.40. The molecule has 4 nitrogen and oxygen atoms in total. The van der Waals surface area contributed by atoms with Gasteiger partial charge in [0.15, 0.2) is 0 Å². The van der Waals surface area contributed by atoms with E-state index < -0.39 is 0 Å². The fourth-order valence-electron chi connectivity index (χ4n) is 1.49. The highest BCUT2D eigenvalue weighted by atomic mass is 15.2. The second kappa shape index (κ2) is 5.75. The molecule has 0 spiro atoms. The van der Waals surface area contributed by atoms with Crippen LogP contribution in [-0.4, -0.2) is 21.7 Å². The molecular formula is C10H20N4. The van der Waals surface area contributed by atoms with Gasteiger partial charge in [-0.2, -0.15) is 5.10 Å². The van der Waals surface area contributed by atoms with Gasteiger partial charge in [-0.1, -0.05) is 20.3 Å². The van der Waals surface area contributed by atoms with Gasteiger partial charge in [0, 0.05) is 0 Å². The topological polar surface area (TPSA) is 53.6 Å². The fraction of sp³-hybridized carbons (Fsp3) is 0.800. The molecular weight excluding hydrogens is 176 g/mol. The highest BCUT2D eigenvalue weighted by Gasteiger charge is 2.08. The summed E-state index contributed by atoms with van der Waals surface area (Å²) < 4.78 is 0. The van der Waals surface area contributed by atoms with E-state index in [2.05, 4.69) is 41.3 Å². The Hall–Kier alpha value is -0.900. The zero-order valence-corrected chi connectivity index (χ0v) is 9.25. The molecule has 0 saturated heterocycles. The average Bonchev–Trinajstić information content (AvgIpc) is 2.67. The van der Waals surface area contributed by atoms with Gasteiger partial charge in [-0.05, 0) is 25.8 Å². The lowest BCUT2D eigenvalue weighted by molar-refractivity contribution is 0.436. The van der Waals surface area contributed by atoms with E-state index in [1.165, 1.54) is 12.8 Å². The van der Waals surface area contributed by atoms with E-state index in [0.29, 0.717) is 0 Å². The zero-order valence-electron chi connectivity index (χ0n) is 9.25. The van der Waals surface area contributed by atoms with E-state index in [-0.39, 0.29) is 6.04 Å². The summed E-state index contributed by atoms with van der Waals surface area (Å²) in [5.74, 6) is 1.64. The Balaban J connectivity index is 2.24. The summed E-state index contributed by atoms with van der Waals surface area (Å²) in [6, 6.07) is 0.261. The molecule has 0 aliphatic carbocycles. The predicted octanol–water partition coefficient (Wildman–Crippen LogP) is 1.89. The van der Waals surface area contributed by atoms with Gasteiger partial charge in [-0.25, -0.2) is 4.98 Å². The van der Waals surface area contributed by atoms with Crippen LogP contribution in [0.4, 0.5) is 0 Å². The number of nitrogens with zero attached hydrogens (tertiary/aromatic N) is 2. The van der Waals surface area contributed by atoms with Crippen LogP contribution in [0.15, 0.2) is 6.33 Å². The predicted molar refractivity (Wildman–Crippen MR) is 56.9 cm³/mol. The van der Waals surface area contributed by atoms with Crippen molar-refractivity contribution in [3.05, 3.63) is 12.2 Å². The van der Waals surface area contributed by atoms with Gasteiger partial charge < -0.3 is 5.32 Å². The summed E-state index contributed by atoms with van der Waals surface area (Å²) in [4.78, 5) is 4.11. The minimum atomic E-state index is 0.261. The SMILES string of the molecule is CCCC(C)CNC(C)c1ncn[nH]1. The molecule has 14 heavy (non-hydrogen) atoms. The number of aromatic nitrogens is 3. The molecule has 0 fully saturated rings. The van der Waals surface area contributed by atoms with Crippen molar-refractivity contribution in [2.24, 2.45) is 5.92 Å². The summed E-state index contributed by atoms with van der Waals surface area (Å²) in [5.41, 5.74) is 0. The van der Waals surface area contributed by atoms with E-state index in [1.807, 2.05) is 0 Å². The quantitative estimate of drug-likeness (QED) is 0.730. The Bertz CT molecular complexity index is 232. The molecule has 4 heteroatoms. The number of H-pyrrole nitrogens is 1. The highest BCUT2D eigenvalue weighted by molar-refractivity contribution is 4.88. The summed E-state index contributed by atoms with van der Waals surface area (Å²) in [5, 5.41) is 10.1. The zero-order chi connectivity index (χ0) is 10.4. The molecule has 1 aromatic heterocycles. The molecule has 1 rings (SSSR count). The summed E-state index contributed by atoms with van der Waals surface area (Å²) >= 11 is 0. The molecule has 0 aliphatic rings. The van der Waals surface area contributed by atoms with Crippen LogP contribution in [0.25, 0.3) is 0 Å². The van der Waals surface area contributed by atoms with E-state index in [0.717, 1.165) is 18.3 Å². The number of nitrogens with one attached hydrogen (secondary N) is 2. The first-order valence-corrected chi connectivity index (χ1v) is 5.32.